The zero-order chi connectivity index (χ0) is 36.4. The number of carbonyl (C=O) groups excluding carboxylic acids is 3. The number of benzene rings is 4. The number of hydrogen-bond acceptors (Lipinski definition) is 7. The van der Waals surface area contributed by atoms with E-state index in [4.69, 9.17) is 11.6 Å². The summed E-state index contributed by atoms with van der Waals surface area (Å²) in [7, 11) is 1.55. The molecule has 3 amide bonds. The largest absolute Gasteiger partial charge is 0.478 e. The van der Waals surface area contributed by atoms with E-state index in [0.717, 1.165) is 16.7 Å². The van der Waals surface area contributed by atoms with Crippen LogP contribution >= 0.6 is 11.6 Å². The summed E-state index contributed by atoms with van der Waals surface area (Å²) in [5.41, 5.74) is 3.36. The van der Waals surface area contributed by atoms with Gasteiger partial charge in [-0.05, 0) is 87.3 Å². The molecule has 1 unspecified atom stereocenters. The fourth-order valence-corrected chi connectivity index (χ4v) is 6.50. The van der Waals surface area contributed by atoms with Crippen LogP contribution in [0.15, 0.2) is 91.3 Å². The van der Waals surface area contributed by atoms with Gasteiger partial charge in [-0.2, -0.15) is 4.68 Å². The Kier molecular flexibility index (Phi) is 9.48. The smallest absolute Gasteiger partial charge is 0.335 e. The van der Waals surface area contributed by atoms with Crippen LogP contribution in [0.4, 0.5) is 10.1 Å². The third kappa shape index (κ3) is 6.83. The molecule has 0 saturated carbocycles. The number of aromatic carboxylic acids is 1. The van der Waals surface area contributed by atoms with E-state index in [-0.39, 0.29) is 34.3 Å². The van der Waals surface area contributed by atoms with E-state index >= 15 is 4.39 Å². The Bertz CT molecular complexity index is 2190. The molecule has 2 heterocycles. The van der Waals surface area contributed by atoms with Gasteiger partial charge >= 0.3 is 5.97 Å². The van der Waals surface area contributed by atoms with Gasteiger partial charge in [0.05, 0.1) is 16.3 Å². The molecule has 51 heavy (non-hydrogen) atoms. The molecule has 12 nitrogen and oxygen atoms in total. The average Bonchev–Trinajstić information content (AvgIpc) is 3.66. The molecule has 0 fully saturated rings. The molecule has 1 aromatic heterocycles. The van der Waals surface area contributed by atoms with Crippen LogP contribution in [0.1, 0.15) is 57.3 Å². The minimum absolute atomic E-state index is 0.0400. The Morgan fingerprint density at radius 3 is 2.33 bits per heavy atom. The van der Waals surface area contributed by atoms with Crippen molar-refractivity contribution in [2.24, 2.45) is 0 Å². The summed E-state index contributed by atoms with van der Waals surface area (Å²) in [6, 6.07) is 20.0. The van der Waals surface area contributed by atoms with Crippen molar-refractivity contribution in [3.8, 4) is 16.8 Å². The van der Waals surface area contributed by atoms with Gasteiger partial charge in [-0.1, -0.05) is 55.8 Å². The number of carboxylic acids is 1. The Labute approximate surface area is 296 Å². The SMILES string of the molecule is CNC(=O)c1ccc(-c2cccc3c2C(C)(C)CN(C(=O)C=Cc2c(-n4cnnn4)ccc(Cl)c2F)C3C(=O)Nc2ccc(C(=O)O)cc2)cc1. The van der Waals surface area contributed by atoms with E-state index < -0.39 is 35.1 Å². The molecule has 0 radical (unpaired) electrons. The molecular weight excluding hydrogens is 677 g/mol. The zero-order valence-corrected chi connectivity index (χ0v) is 28.4. The van der Waals surface area contributed by atoms with Gasteiger partial charge in [0.25, 0.3) is 11.8 Å². The van der Waals surface area contributed by atoms with Gasteiger partial charge in [-0.25, -0.2) is 9.18 Å². The van der Waals surface area contributed by atoms with Crippen molar-refractivity contribution in [2.75, 3.05) is 18.9 Å². The molecule has 0 saturated heterocycles. The van der Waals surface area contributed by atoms with Gasteiger partial charge in [0, 0.05) is 41.9 Å². The van der Waals surface area contributed by atoms with E-state index in [2.05, 4.69) is 26.2 Å². The highest BCUT2D eigenvalue weighted by molar-refractivity contribution is 6.31. The second kappa shape index (κ2) is 14.0. The molecule has 1 aliphatic rings. The van der Waals surface area contributed by atoms with Gasteiger partial charge in [0.2, 0.25) is 5.91 Å². The van der Waals surface area contributed by atoms with Crippen LogP contribution in [-0.4, -0.2) is 67.5 Å². The first-order valence-corrected chi connectivity index (χ1v) is 16.1. The Morgan fingerprint density at radius 2 is 1.69 bits per heavy atom. The Balaban J connectivity index is 1.44. The number of hydrogen-bond donors (Lipinski definition) is 3. The number of carbonyl (C=O) groups is 4. The molecule has 4 aromatic carbocycles. The molecule has 0 aliphatic carbocycles. The highest BCUT2D eigenvalue weighted by atomic mass is 35.5. The van der Waals surface area contributed by atoms with Crippen molar-refractivity contribution in [1.29, 1.82) is 0 Å². The van der Waals surface area contributed by atoms with E-state index in [1.165, 1.54) is 64.5 Å². The van der Waals surface area contributed by atoms with Gasteiger partial charge < -0.3 is 20.6 Å². The summed E-state index contributed by atoms with van der Waals surface area (Å²) < 4.78 is 16.6. The molecular formula is C37H31ClFN7O5. The van der Waals surface area contributed by atoms with Crippen molar-refractivity contribution >= 4 is 47.1 Å². The minimum atomic E-state index is -1.15. The Morgan fingerprint density at radius 1 is 0.980 bits per heavy atom. The van der Waals surface area contributed by atoms with Gasteiger partial charge in [-0.3, -0.25) is 14.4 Å². The second-order valence-electron chi connectivity index (χ2n) is 12.4. The first-order chi connectivity index (χ1) is 24.4. The number of tetrazole rings is 1. The van der Waals surface area contributed by atoms with Crippen molar-refractivity contribution in [2.45, 2.75) is 25.3 Å². The van der Waals surface area contributed by atoms with Crippen LogP contribution in [0, 0.1) is 5.82 Å². The van der Waals surface area contributed by atoms with Crippen LogP contribution in [0.5, 0.6) is 0 Å². The maximum absolute atomic E-state index is 15.4. The average molecular weight is 708 g/mol. The fraction of sp³-hybridized carbons (Fsp3) is 0.162. The summed E-state index contributed by atoms with van der Waals surface area (Å²) in [6.07, 6.45) is 3.72. The van der Waals surface area contributed by atoms with Crippen LogP contribution < -0.4 is 10.6 Å². The van der Waals surface area contributed by atoms with Gasteiger partial charge in [-0.15, -0.1) is 5.10 Å². The standard InChI is InChI=1S/C37H31ClFN7O5/c1-37(2)19-45(30(47)18-15-26-29(46-20-41-43-44-46)17-16-28(38)32(26)39)33(35(49)42-24-13-11-23(12-14-24)36(50)51)27-6-4-5-25(31(27)37)21-7-9-22(10-8-21)34(48)40-3/h4-18,20,33H,19H2,1-3H3,(H,40,48)(H,42,49)(H,50,51). The molecule has 258 valence electrons. The van der Waals surface area contributed by atoms with E-state index in [9.17, 15) is 24.3 Å². The normalized spacial score (nSPS) is 14.9. The summed E-state index contributed by atoms with van der Waals surface area (Å²) in [5, 5.41) is 25.6. The maximum Gasteiger partial charge on any atom is 0.335 e. The summed E-state index contributed by atoms with van der Waals surface area (Å²) in [4.78, 5) is 53.5. The lowest BCUT2D eigenvalue weighted by Crippen LogP contribution is -2.51. The number of halogens is 2. The molecule has 0 bridgehead atoms. The lowest BCUT2D eigenvalue weighted by atomic mass is 9.72. The molecule has 6 rings (SSSR count). The van der Waals surface area contributed by atoms with Gasteiger partial charge in [0.15, 0.2) is 5.82 Å². The monoisotopic (exact) mass is 707 g/mol. The molecule has 14 heteroatoms. The number of nitrogens with one attached hydrogen (secondary N) is 2. The molecule has 1 atom stereocenters. The van der Waals surface area contributed by atoms with Gasteiger partial charge in [0.1, 0.15) is 12.4 Å². The third-order valence-electron chi connectivity index (χ3n) is 8.66. The number of carboxylic acid groups (broad SMARTS) is 1. The molecule has 3 N–H and O–H groups in total. The summed E-state index contributed by atoms with van der Waals surface area (Å²) in [6.45, 7) is 4.01. The first kappa shape index (κ1) is 34.6. The highest BCUT2D eigenvalue weighted by Gasteiger charge is 2.44. The van der Waals surface area contributed by atoms with Crippen LogP contribution in [0.2, 0.25) is 5.02 Å². The molecule has 0 spiro atoms. The van der Waals surface area contributed by atoms with E-state index in [1.807, 2.05) is 32.0 Å². The number of nitrogens with zero attached hydrogens (tertiary/aromatic N) is 5. The van der Waals surface area contributed by atoms with Crippen molar-refractivity contribution < 1.29 is 28.7 Å². The lowest BCUT2D eigenvalue weighted by Gasteiger charge is -2.45. The van der Waals surface area contributed by atoms with Crippen LogP contribution in [0.3, 0.4) is 0 Å². The van der Waals surface area contributed by atoms with Crippen LogP contribution in [0.25, 0.3) is 22.9 Å². The fourth-order valence-electron chi connectivity index (χ4n) is 6.33. The quantitative estimate of drug-likeness (QED) is 0.174. The zero-order valence-electron chi connectivity index (χ0n) is 27.6. The number of aromatic nitrogens is 4. The van der Waals surface area contributed by atoms with Crippen LogP contribution in [-0.2, 0) is 15.0 Å². The summed E-state index contributed by atoms with van der Waals surface area (Å²) >= 11 is 6.10. The third-order valence-corrected chi connectivity index (χ3v) is 8.95. The number of rotatable bonds is 8. The summed E-state index contributed by atoms with van der Waals surface area (Å²) in [5.74, 6) is -3.26. The van der Waals surface area contributed by atoms with Crippen molar-refractivity contribution in [3.63, 3.8) is 0 Å². The van der Waals surface area contributed by atoms with Crippen molar-refractivity contribution in [1.82, 2.24) is 30.4 Å². The molecule has 5 aromatic rings. The van der Waals surface area contributed by atoms with E-state index in [1.54, 1.807) is 31.3 Å². The molecule has 1 aliphatic heterocycles. The van der Waals surface area contributed by atoms with Crippen molar-refractivity contribution in [3.05, 3.63) is 130 Å². The topological polar surface area (TPSA) is 159 Å². The first-order valence-electron chi connectivity index (χ1n) is 15.7. The predicted molar refractivity (Wildman–Crippen MR) is 188 cm³/mol. The Hall–Kier alpha value is -6.21. The highest BCUT2D eigenvalue weighted by Crippen LogP contribution is 2.45. The van der Waals surface area contributed by atoms with E-state index in [0.29, 0.717) is 16.8 Å². The number of anilines is 1. The number of fused-ring (bicyclic) bond motifs is 1. The predicted octanol–water partition coefficient (Wildman–Crippen LogP) is 5.69. The second-order valence-corrected chi connectivity index (χ2v) is 12.8. The number of amides is 3. The lowest BCUT2D eigenvalue weighted by molar-refractivity contribution is -0.136. The maximum atomic E-state index is 15.4. The minimum Gasteiger partial charge on any atom is -0.478 e.